The van der Waals surface area contributed by atoms with Crippen molar-refractivity contribution in [3.63, 3.8) is 0 Å². The van der Waals surface area contributed by atoms with Crippen molar-refractivity contribution in [1.82, 2.24) is 0 Å². The van der Waals surface area contributed by atoms with Gasteiger partial charge in [-0.25, -0.2) is 0 Å². The summed E-state index contributed by atoms with van der Waals surface area (Å²) in [6, 6.07) is 0. The lowest BCUT2D eigenvalue weighted by atomic mass is 10.0. The second-order valence-corrected chi connectivity index (χ2v) is 3.48. The summed E-state index contributed by atoms with van der Waals surface area (Å²) in [5.74, 6) is 0.192. The third-order valence-electron chi connectivity index (χ3n) is 1.96. The van der Waals surface area contributed by atoms with Gasteiger partial charge >= 0.3 is 5.97 Å². The number of carbonyl (C=O) groups is 1. The number of rotatable bonds is 7. The molecule has 0 aliphatic carbocycles. The Morgan fingerprint density at radius 2 is 2.08 bits per heavy atom. The molecule has 1 N–H and O–H groups in total. The fourth-order valence-corrected chi connectivity index (χ4v) is 1.08. The SMILES string of the molecule is CC(=O)OCCCCCC(C)CO. The molecular formula is C10H20O3. The average Bonchev–Trinajstić information content (AvgIpc) is 2.10. The lowest BCUT2D eigenvalue weighted by Crippen LogP contribution is -2.02. The van der Waals surface area contributed by atoms with Crippen molar-refractivity contribution in [3.8, 4) is 0 Å². The highest BCUT2D eigenvalue weighted by Gasteiger charge is 1.99. The Hall–Kier alpha value is -0.570. The molecule has 0 bridgehead atoms. The van der Waals surface area contributed by atoms with Gasteiger partial charge in [-0.05, 0) is 18.8 Å². The molecule has 0 rings (SSSR count). The van der Waals surface area contributed by atoms with Gasteiger partial charge in [-0.15, -0.1) is 0 Å². The number of aliphatic hydroxyl groups excluding tert-OH is 1. The van der Waals surface area contributed by atoms with Crippen molar-refractivity contribution in [1.29, 1.82) is 0 Å². The summed E-state index contributed by atoms with van der Waals surface area (Å²) in [5, 5.41) is 8.74. The van der Waals surface area contributed by atoms with Crippen LogP contribution in [0.1, 0.15) is 39.5 Å². The van der Waals surface area contributed by atoms with Crippen LogP contribution >= 0.6 is 0 Å². The second-order valence-electron chi connectivity index (χ2n) is 3.48. The number of unbranched alkanes of at least 4 members (excludes halogenated alkanes) is 2. The van der Waals surface area contributed by atoms with Crippen molar-refractivity contribution >= 4 is 5.97 Å². The van der Waals surface area contributed by atoms with Crippen molar-refractivity contribution in [2.24, 2.45) is 5.92 Å². The van der Waals surface area contributed by atoms with E-state index in [0.717, 1.165) is 25.7 Å². The highest BCUT2D eigenvalue weighted by molar-refractivity contribution is 5.65. The Balaban J connectivity index is 3.04. The zero-order chi connectivity index (χ0) is 10.1. The molecule has 0 aromatic rings. The Labute approximate surface area is 80.1 Å². The largest absolute Gasteiger partial charge is 0.466 e. The van der Waals surface area contributed by atoms with Gasteiger partial charge in [-0.2, -0.15) is 0 Å². The molecule has 78 valence electrons. The minimum atomic E-state index is -0.205. The average molecular weight is 188 g/mol. The molecule has 0 saturated carbocycles. The Morgan fingerprint density at radius 3 is 2.62 bits per heavy atom. The lowest BCUT2D eigenvalue weighted by molar-refractivity contribution is -0.141. The van der Waals surface area contributed by atoms with E-state index in [9.17, 15) is 4.79 Å². The summed E-state index contributed by atoms with van der Waals surface area (Å²) in [7, 11) is 0. The van der Waals surface area contributed by atoms with Gasteiger partial charge in [0.25, 0.3) is 0 Å². The molecule has 0 aromatic heterocycles. The molecule has 1 atom stereocenters. The first-order chi connectivity index (χ1) is 6.16. The van der Waals surface area contributed by atoms with Gasteiger partial charge < -0.3 is 9.84 Å². The van der Waals surface area contributed by atoms with E-state index in [4.69, 9.17) is 9.84 Å². The first-order valence-electron chi connectivity index (χ1n) is 4.91. The first kappa shape index (κ1) is 12.4. The number of ether oxygens (including phenoxy) is 1. The quantitative estimate of drug-likeness (QED) is 0.489. The minimum Gasteiger partial charge on any atom is -0.466 e. The predicted octanol–water partition coefficient (Wildman–Crippen LogP) is 1.74. The molecular weight excluding hydrogens is 168 g/mol. The van der Waals surface area contributed by atoms with E-state index in [2.05, 4.69) is 0 Å². The number of aliphatic hydroxyl groups is 1. The fourth-order valence-electron chi connectivity index (χ4n) is 1.08. The summed E-state index contributed by atoms with van der Waals surface area (Å²) < 4.78 is 4.79. The highest BCUT2D eigenvalue weighted by atomic mass is 16.5. The predicted molar refractivity (Wildman–Crippen MR) is 51.4 cm³/mol. The molecule has 1 unspecified atom stereocenters. The standard InChI is InChI=1S/C10H20O3/c1-9(8-11)6-4-3-5-7-13-10(2)12/h9,11H,3-8H2,1-2H3. The van der Waals surface area contributed by atoms with Crippen LogP contribution in [-0.2, 0) is 9.53 Å². The number of esters is 1. The number of hydrogen-bond acceptors (Lipinski definition) is 3. The molecule has 0 amide bonds. The molecule has 0 saturated heterocycles. The molecule has 0 aliphatic rings. The van der Waals surface area contributed by atoms with E-state index in [-0.39, 0.29) is 12.6 Å². The molecule has 0 radical (unpaired) electrons. The van der Waals surface area contributed by atoms with Crippen LogP contribution in [0.2, 0.25) is 0 Å². The Kier molecular flexibility index (Phi) is 7.69. The molecule has 0 aromatic carbocycles. The van der Waals surface area contributed by atoms with Crippen molar-refractivity contribution in [2.45, 2.75) is 39.5 Å². The highest BCUT2D eigenvalue weighted by Crippen LogP contribution is 2.08. The monoisotopic (exact) mass is 188 g/mol. The van der Waals surface area contributed by atoms with Crippen LogP contribution in [0.4, 0.5) is 0 Å². The van der Waals surface area contributed by atoms with Crippen LogP contribution < -0.4 is 0 Å². The van der Waals surface area contributed by atoms with Gasteiger partial charge in [0.2, 0.25) is 0 Å². The van der Waals surface area contributed by atoms with Gasteiger partial charge in [-0.3, -0.25) is 4.79 Å². The van der Waals surface area contributed by atoms with Crippen LogP contribution in [0.5, 0.6) is 0 Å². The van der Waals surface area contributed by atoms with E-state index in [1.54, 1.807) is 0 Å². The zero-order valence-electron chi connectivity index (χ0n) is 8.58. The Morgan fingerprint density at radius 1 is 1.38 bits per heavy atom. The Bertz CT molecular complexity index is 134. The lowest BCUT2D eigenvalue weighted by Gasteiger charge is -2.06. The third kappa shape index (κ3) is 9.34. The third-order valence-corrected chi connectivity index (χ3v) is 1.96. The van der Waals surface area contributed by atoms with Crippen molar-refractivity contribution < 1.29 is 14.6 Å². The van der Waals surface area contributed by atoms with Crippen LogP contribution in [0, 0.1) is 5.92 Å². The van der Waals surface area contributed by atoms with Crippen molar-refractivity contribution in [2.75, 3.05) is 13.2 Å². The molecule has 0 aliphatic heterocycles. The van der Waals surface area contributed by atoms with Crippen molar-refractivity contribution in [3.05, 3.63) is 0 Å². The van der Waals surface area contributed by atoms with Crippen LogP contribution in [0.25, 0.3) is 0 Å². The van der Waals surface area contributed by atoms with Gasteiger partial charge in [0.15, 0.2) is 0 Å². The van der Waals surface area contributed by atoms with Crippen LogP contribution in [0.3, 0.4) is 0 Å². The van der Waals surface area contributed by atoms with Crippen LogP contribution in [0.15, 0.2) is 0 Å². The topological polar surface area (TPSA) is 46.5 Å². The molecule has 3 nitrogen and oxygen atoms in total. The number of carbonyl (C=O) groups excluding carboxylic acids is 1. The van der Waals surface area contributed by atoms with E-state index in [1.165, 1.54) is 6.92 Å². The molecule has 0 fully saturated rings. The molecule has 0 spiro atoms. The smallest absolute Gasteiger partial charge is 0.302 e. The maximum absolute atomic E-state index is 10.4. The normalized spacial score (nSPS) is 12.5. The van der Waals surface area contributed by atoms with Gasteiger partial charge in [-0.1, -0.05) is 19.8 Å². The van der Waals surface area contributed by atoms with Crippen LogP contribution in [-0.4, -0.2) is 24.3 Å². The van der Waals surface area contributed by atoms with E-state index >= 15 is 0 Å². The summed E-state index contributed by atoms with van der Waals surface area (Å²) >= 11 is 0. The summed E-state index contributed by atoms with van der Waals surface area (Å²) in [6.45, 7) is 4.26. The zero-order valence-corrected chi connectivity index (χ0v) is 8.58. The second kappa shape index (κ2) is 8.05. The maximum atomic E-state index is 10.4. The fraction of sp³-hybridized carbons (Fsp3) is 0.900. The van der Waals surface area contributed by atoms with Gasteiger partial charge in [0.1, 0.15) is 0 Å². The minimum absolute atomic E-state index is 0.205. The molecule has 3 heteroatoms. The van der Waals surface area contributed by atoms with E-state index < -0.39 is 0 Å². The molecule has 13 heavy (non-hydrogen) atoms. The number of hydrogen-bond donors (Lipinski definition) is 1. The van der Waals surface area contributed by atoms with Gasteiger partial charge in [0.05, 0.1) is 6.61 Å². The maximum Gasteiger partial charge on any atom is 0.302 e. The van der Waals surface area contributed by atoms with Gasteiger partial charge in [0, 0.05) is 13.5 Å². The molecule has 0 heterocycles. The summed E-state index contributed by atoms with van der Waals surface area (Å²) in [6.07, 6.45) is 4.15. The summed E-state index contributed by atoms with van der Waals surface area (Å²) in [5.41, 5.74) is 0. The summed E-state index contributed by atoms with van der Waals surface area (Å²) in [4.78, 5) is 10.4. The first-order valence-corrected chi connectivity index (χ1v) is 4.91. The van der Waals surface area contributed by atoms with E-state index in [0.29, 0.717) is 12.5 Å². The van der Waals surface area contributed by atoms with E-state index in [1.807, 2.05) is 6.92 Å².